The second-order valence-electron chi connectivity index (χ2n) is 5.36. The first-order valence-corrected chi connectivity index (χ1v) is 7.13. The molecule has 2 rings (SSSR count). The Kier molecular flexibility index (Phi) is 4.33. The number of thiol groups is 1. The average molecular weight is 263 g/mol. The van der Waals surface area contributed by atoms with Gasteiger partial charge in [-0.3, -0.25) is 4.79 Å². The van der Waals surface area contributed by atoms with Crippen molar-refractivity contribution in [3.05, 3.63) is 29.8 Å². The highest BCUT2D eigenvalue weighted by molar-refractivity contribution is 7.80. The van der Waals surface area contributed by atoms with E-state index in [1.165, 1.54) is 12.8 Å². The van der Waals surface area contributed by atoms with E-state index in [4.69, 9.17) is 0 Å². The van der Waals surface area contributed by atoms with Crippen molar-refractivity contribution in [2.24, 2.45) is 11.8 Å². The smallest absolute Gasteiger partial charge is 0.252 e. The first-order valence-electron chi connectivity index (χ1n) is 6.68. The molecule has 3 atom stereocenters. The maximum Gasteiger partial charge on any atom is 0.252 e. The van der Waals surface area contributed by atoms with Gasteiger partial charge in [-0.2, -0.15) is 0 Å². The van der Waals surface area contributed by atoms with Crippen LogP contribution in [0.2, 0.25) is 0 Å². The molecule has 0 bridgehead atoms. The lowest BCUT2D eigenvalue weighted by atomic mass is 9.78. The molecule has 0 spiro atoms. The maximum atomic E-state index is 12.2. The van der Waals surface area contributed by atoms with Gasteiger partial charge in [-0.05, 0) is 30.4 Å². The third-order valence-corrected chi connectivity index (χ3v) is 4.56. The summed E-state index contributed by atoms with van der Waals surface area (Å²) in [6.45, 7) is 4.51. The van der Waals surface area contributed by atoms with Crippen LogP contribution in [0.4, 0.5) is 0 Å². The Morgan fingerprint density at radius 3 is 2.72 bits per heavy atom. The van der Waals surface area contributed by atoms with Crippen LogP contribution in [-0.2, 0) is 0 Å². The predicted molar refractivity (Wildman–Crippen MR) is 77.1 cm³/mol. The molecule has 0 heterocycles. The fourth-order valence-electron chi connectivity index (χ4n) is 2.70. The maximum absolute atomic E-state index is 12.2. The highest BCUT2D eigenvalue weighted by Gasteiger charge is 2.28. The molecule has 2 nitrogen and oxygen atoms in total. The van der Waals surface area contributed by atoms with Gasteiger partial charge < -0.3 is 5.32 Å². The van der Waals surface area contributed by atoms with Crippen molar-refractivity contribution in [1.82, 2.24) is 5.32 Å². The molecule has 0 aliphatic heterocycles. The first-order chi connectivity index (χ1) is 8.59. The van der Waals surface area contributed by atoms with Gasteiger partial charge in [0.2, 0.25) is 0 Å². The molecule has 0 aromatic heterocycles. The van der Waals surface area contributed by atoms with Gasteiger partial charge >= 0.3 is 0 Å². The van der Waals surface area contributed by atoms with E-state index in [0.29, 0.717) is 23.4 Å². The second kappa shape index (κ2) is 5.79. The zero-order valence-corrected chi connectivity index (χ0v) is 11.9. The van der Waals surface area contributed by atoms with Crippen molar-refractivity contribution >= 4 is 18.5 Å². The molecule has 18 heavy (non-hydrogen) atoms. The van der Waals surface area contributed by atoms with Gasteiger partial charge in [-0.1, -0.05) is 38.8 Å². The van der Waals surface area contributed by atoms with E-state index < -0.39 is 0 Å². The fraction of sp³-hybridized carbons (Fsp3) is 0.533. The lowest BCUT2D eigenvalue weighted by Gasteiger charge is -2.34. The molecular weight excluding hydrogens is 242 g/mol. The summed E-state index contributed by atoms with van der Waals surface area (Å²) in [5, 5.41) is 3.17. The van der Waals surface area contributed by atoms with Gasteiger partial charge in [0.1, 0.15) is 0 Å². The molecule has 3 heteroatoms. The van der Waals surface area contributed by atoms with E-state index in [1.54, 1.807) is 0 Å². The van der Waals surface area contributed by atoms with Crippen LogP contribution in [0.1, 0.15) is 43.5 Å². The van der Waals surface area contributed by atoms with Gasteiger partial charge in [-0.25, -0.2) is 0 Å². The van der Waals surface area contributed by atoms with Crippen molar-refractivity contribution in [3.8, 4) is 0 Å². The number of carbonyl (C=O) groups is 1. The topological polar surface area (TPSA) is 29.1 Å². The van der Waals surface area contributed by atoms with E-state index in [-0.39, 0.29) is 5.91 Å². The van der Waals surface area contributed by atoms with Gasteiger partial charge in [0, 0.05) is 10.9 Å². The van der Waals surface area contributed by atoms with Crippen molar-refractivity contribution in [3.63, 3.8) is 0 Å². The monoisotopic (exact) mass is 263 g/mol. The van der Waals surface area contributed by atoms with E-state index in [2.05, 4.69) is 31.8 Å². The van der Waals surface area contributed by atoms with Crippen LogP contribution in [0.3, 0.4) is 0 Å². The zero-order chi connectivity index (χ0) is 13.1. The lowest BCUT2D eigenvalue weighted by Crippen LogP contribution is -2.43. The Bertz CT molecular complexity index is 432. The summed E-state index contributed by atoms with van der Waals surface area (Å²) in [5.41, 5.74) is 0.672. The molecule has 3 unspecified atom stereocenters. The summed E-state index contributed by atoms with van der Waals surface area (Å²) in [6, 6.07) is 7.75. The number of carbonyl (C=O) groups excluding carboxylic acids is 1. The van der Waals surface area contributed by atoms with Crippen LogP contribution in [0.25, 0.3) is 0 Å². The predicted octanol–water partition coefficient (Wildman–Crippen LogP) is 3.53. The zero-order valence-electron chi connectivity index (χ0n) is 11.0. The van der Waals surface area contributed by atoms with E-state index >= 15 is 0 Å². The number of hydrogen-bond donors (Lipinski definition) is 2. The molecule has 1 aromatic rings. The fourth-order valence-corrected chi connectivity index (χ4v) is 2.96. The SMILES string of the molecule is CC1CCCC(NC(=O)c2ccccc2S)C1C. The Balaban J connectivity index is 2.05. The molecule has 1 aliphatic rings. The van der Waals surface area contributed by atoms with Crippen molar-refractivity contribution in [2.45, 2.75) is 44.0 Å². The summed E-state index contributed by atoms with van der Waals surface area (Å²) in [6.07, 6.45) is 3.57. The Morgan fingerprint density at radius 2 is 2.00 bits per heavy atom. The summed E-state index contributed by atoms with van der Waals surface area (Å²) < 4.78 is 0. The van der Waals surface area contributed by atoms with E-state index in [0.717, 1.165) is 11.3 Å². The minimum absolute atomic E-state index is 0.00606. The van der Waals surface area contributed by atoms with Crippen LogP contribution < -0.4 is 5.32 Å². The number of rotatable bonds is 2. The van der Waals surface area contributed by atoms with Gasteiger partial charge in [0.05, 0.1) is 5.56 Å². The van der Waals surface area contributed by atoms with Crippen molar-refractivity contribution in [1.29, 1.82) is 0 Å². The van der Waals surface area contributed by atoms with Gasteiger partial charge in [-0.15, -0.1) is 12.6 Å². The molecule has 1 aliphatic carbocycles. The Hall–Kier alpha value is -0.960. The summed E-state index contributed by atoms with van der Waals surface area (Å²) in [5.74, 6) is 1.25. The summed E-state index contributed by atoms with van der Waals surface area (Å²) in [7, 11) is 0. The molecule has 0 saturated heterocycles. The third-order valence-electron chi connectivity index (χ3n) is 4.17. The number of nitrogens with one attached hydrogen (secondary N) is 1. The number of benzene rings is 1. The lowest BCUT2D eigenvalue weighted by molar-refractivity contribution is 0.0888. The number of amides is 1. The molecule has 1 saturated carbocycles. The molecule has 1 fully saturated rings. The molecule has 1 amide bonds. The van der Waals surface area contributed by atoms with E-state index in [1.807, 2.05) is 24.3 Å². The van der Waals surface area contributed by atoms with E-state index in [9.17, 15) is 4.79 Å². The Morgan fingerprint density at radius 1 is 1.28 bits per heavy atom. The second-order valence-corrected chi connectivity index (χ2v) is 5.85. The largest absolute Gasteiger partial charge is 0.349 e. The van der Waals surface area contributed by atoms with Crippen LogP contribution in [-0.4, -0.2) is 11.9 Å². The quantitative estimate of drug-likeness (QED) is 0.785. The summed E-state index contributed by atoms with van der Waals surface area (Å²) in [4.78, 5) is 13.0. The highest BCUT2D eigenvalue weighted by Crippen LogP contribution is 2.29. The highest BCUT2D eigenvalue weighted by atomic mass is 32.1. The van der Waals surface area contributed by atoms with Crippen LogP contribution in [0.15, 0.2) is 29.2 Å². The van der Waals surface area contributed by atoms with Gasteiger partial charge in [0.25, 0.3) is 5.91 Å². The molecule has 1 N–H and O–H groups in total. The van der Waals surface area contributed by atoms with Crippen molar-refractivity contribution in [2.75, 3.05) is 0 Å². The minimum atomic E-state index is 0.00606. The molecular formula is C15H21NOS. The number of hydrogen-bond acceptors (Lipinski definition) is 2. The minimum Gasteiger partial charge on any atom is -0.349 e. The average Bonchev–Trinajstić information content (AvgIpc) is 2.35. The standard InChI is InChI=1S/C15H21NOS/c1-10-6-5-8-13(11(10)2)16-15(17)12-7-3-4-9-14(12)18/h3-4,7,9-11,13,18H,5-6,8H2,1-2H3,(H,16,17). The van der Waals surface area contributed by atoms with Crippen LogP contribution in [0, 0.1) is 11.8 Å². The normalized spacial score (nSPS) is 27.8. The van der Waals surface area contributed by atoms with Crippen LogP contribution >= 0.6 is 12.6 Å². The molecule has 98 valence electrons. The third kappa shape index (κ3) is 2.89. The van der Waals surface area contributed by atoms with Crippen molar-refractivity contribution < 1.29 is 4.79 Å². The summed E-state index contributed by atoms with van der Waals surface area (Å²) >= 11 is 4.33. The van der Waals surface area contributed by atoms with Gasteiger partial charge in [0.15, 0.2) is 0 Å². The molecule has 1 aromatic carbocycles. The Labute approximate surface area is 115 Å². The van der Waals surface area contributed by atoms with Crippen LogP contribution in [0.5, 0.6) is 0 Å². The first kappa shape index (κ1) is 13.5. The molecule has 0 radical (unpaired) electrons.